The molecule has 2 nitrogen and oxygen atoms in total. The van der Waals surface area contributed by atoms with E-state index in [9.17, 15) is 5.11 Å². The van der Waals surface area contributed by atoms with Crippen LogP contribution in [0.5, 0.6) is 0 Å². The lowest BCUT2D eigenvalue weighted by Crippen LogP contribution is -2.29. The first kappa shape index (κ1) is 13.2. The molecule has 2 N–H and O–H groups in total. The van der Waals surface area contributed by atoms with Crippen LogP contribution in [-0.4, -0.2) is 29.2 Å². The second-order valence-electron chi connectivity index (χ2n) is 4.56. The molecule has 1 aliphatic carbocycles. The molecule has 0 saturated heterocycles. The van der Waals surface area contributed by atoms with E-state index in [1.165, 1.54) is 12.8 Å². The van der Waals surface area contributed by atoms with E-state index in [2.05, 4.69) is 11.6 Å². The number of hydrogen-bond donors (Lipinski definition) is 2. The molecule has 1 aliphatic rings. The van der Waals surface area contributed by atoms with Gasteiger partial charge in [-0.1, -0.05) is 29.8 Å². The Hall–Kier alpha value is -0.220. The number of benzene rings is 1. The van der Waals surface area contributed by atoms with Crippen molar-refractivity contribution in [2.75, 3.05) is 19.3 Å². The second-order valence-corrected chi connectivity index (χ2v) is 6.24. The molecule has 0 heterocycles. The van der Waals surface area contributed by atoms with Crippen LogP contribution in [0.25, 0.3) is 0 Å². The molecule has 1 aromatic rings. The van der Waals surface area contributed by atoms with E-state index in [0.29, 0.717) is 16.3 Å². The minimum absolute atomic E-state index is 0.431. The topological polar surface area (TPSA) is 32.3 Å². The van der Waals surface area contributed by atoms with Gasteiger partial charge in [0.25, 0.3) is 0 Å². The van der Waals surface area contributed by atoms with E-state index in [1.807, 2.05) is 36.0 Å². The third-order valence-corrected chi connectivity index (χ3v) is 5.05. The minimum Gasteiger partial charge on any atom is -0.387 e. The third-order valence-electron chi connectivity index (χ3n) is 3.29. The highest BCUT2D eigenvalue weighted by atomic mass is 35.5. The number of rotatable bonds is 6. The van der Waals surface area contributed by atoms with Crippen molar-refractivity contribution in [1.29, 1.82) is 0 Å². The summed E-state index contributed by atoms with van der Waals surface area (Å²) in [6, 6.07) is 7.45. The SMILES string of the molecule is CSC1(CNCC(O)c2ccccc2Cl)CC1. The van der Waals surface area contributed by atoms with Crippen molar-refractivity contribution < 1.29 is 5.11 Å². The quantitative estimate of drug-likeness (QED) is 0.835. The Morgan fingerprint density at radius 2 is 2.18 bits per heavy atom. The first-order valence-corrected chi connectivity index (χ1v) is 7.45. The highest BCUT2D eigenvalue weighted by Gasteiger charge is 2.41. The van der Waals surface area contributed by atoms with Gasteiger partial charge in [-0.2, -0.15) is 11.8 Å². The number of halogens is 1. The lowest BCUT2D eigenvalue weighted by atomic mass is 10.1. The first-order chi connectivity index (χ1) is 8.17. The van der Waals surface area contributed by atoms with Crippen molar-refractivity contribution in [1.82, 2.24) is 5.32 Å². The van der Waals surface area contributed by atoms with E-state index < -0.39 is 6.10 Å². The van der Waals surface area contributed by atoms with Crippen LogP contribution in [0, 0.1) is 0 Å². The van der Waals surface area contributed by atoms with Crippen molar-refractivity contribution in [2.24, 2.45) is 0 Å². The van der Waals surface area contributed by atoms with Gasteiger partial charge in [0, 0.05) is 28.4 Å². The summed E-state index contributed by atoms with van der Waals surface area (Å²) in [5.74, 6) is 0. The molecular weight excluding hydrogens is 254 g/mol. The molecule has 17 heavy (non-hydrogen) atoms. The Morgan fingerprint density at radius 3 is 2.76 bits per heavy atom. The third kappa shape index (κ3) is 3.38. The normalized spacial score (nSPS) is 19.0. The van der Waals surface area contributed by atoms with Gasteiger partial charge in [0.1, 0.15) is 0 Å². The van der Waals surface area contributed by atoms with Crippen LogP contribution < -0.4 is 5.32 Å². The number of hydrogen-bond acceptors (Lipinski definition) is 3. The number of thioether (sulfide) groups is 1. The molecule has 1 saturated carbocycles. The fourth-order valence-electron chi connectivity index (χ4n) is 1.88. The van der Waals surface area contributed by atoms with Crippen LogP contribution >= 0.6 is 23.4 Å². The average molecular weight is 272 g/mol. The minimum atomic E-state index is -0.527. The molecule has 1 aromatic carbocycles. The predicted octanol–water partition coefficient (Wildman–Crippen LogP) is 2.86. The molecule has 0 aliphatic heterocycles. The smallest absolute Gasteiger partial charge is 0.0928 e. The summed E-state index contributed by atoms with van der Waals surface area (Å²) >= 11 is 7.95. The molecule has 2 rings (SSSR count). The lowest BCUT2D eigenvalue weighted by molar-refractivity contribution is 0.175. The molecular formula is C13H18ClNOS. The molecule has 4 heteroatoms. The Labute approximate surface area is 112 Å². The summed E-state index contributed by atoms with van der Waals surface area (Å²) in [6.45, 7) is 1.53. The lowest BCUT2D eigenvalue weighted by Gasteiger charge is -2.17. The first-order valence-electron chi connectivity index (χ1n) is 5.85. The highest BCUT2D eigenvalue weighted by molar-refractivity contribution is 8.00. The molecule has 1 fully saturated rings. The maximum atomic E-state index is 10.0. The maximum absolute atomic E-state index is 10.0. The molecule has 1 unspecified atom stereocenters. The molecule has 0 radical (unpaired) electrons. The largest absolute Gasteiger partial charge is 0.387 e. The fraction of sp³-hybridized carbons (Fsp3) is 0.538. The summed E-state index contributed by atoms with van der Waals surface area (Å²) in [7, 11) is 0. The van der Waals surface area contributed by atoms with Gasteiger partial charge in [-0.15, -0.1) is 0 Å². The molecule has 0 aromatic heterocycles. The van der Waals surface area contributed by atoms with Crippen LogP contribution in [0.15, 0.2) is 24.3 Å². The van der Waals surface area contributed by atoms with Gasteiger partial charge in [0.15, 0.2) is 0 Å². The van der Waals surface area contributed by atoms with Gasteiger partial charge >= 0.3 is 0 Å². The van der Waals surface area contributed by atoms with Crippen molar-refractivity contribution >= 4 is 23.4 Å². The number of aliphatic hydroxyl groups excluding tert-OH is 1. The molecule has 1 atom stereocenters. The maximum Gasteiger partial charge on any atom is 0.0928 e. The van der Waals surface area contributed by atoms with E-state index in [1.54, 1.807) is 0 Å². The van der Waals surface area contributed by atoms with Gasteiger partial charge in [0.05, 0.1) is 6.10 Å². The van der Waals surface area contributed by atoms with Gasteiger partial charge in [-0.3, -0.25) is 0 Å². The molecule has 0 spiro atoms. The van der Waals surface area contributed by atoms with E-state index in [0.717, 1.165) is 12.1 Å². The zero-order valence-electron chi connectivity index (χ0n) is 9.95. The Bertz CT molecular complexity index is 381. The standard InChI is InChI=1S/C13H18ClNOS/c1-17-13(6-7-13)9-15-8-12(16)10-4-2-3-5-11(10)14/h2-5,12,15-16H,6-9H2,1H3. The monoisotopic (exact) mass is 271 g/mol. The van der Waals surface area contributed by atoms with Gasteiger partial charge in [0.2, 0.25) is 0 Å². The summed E-state index contributed by atoms with van der Waals surface area (Å²) in [5, 5.41) is 14.0. The molecule has 94 valence electrons. The average Bonchev–Trinajstić information content (AvgIpc) is 3.10. The van der Waals surface area contributed by atoms with Crippen LogP contribution in [0.4, 0.5) is 0 Å². The van der Waals surface area contributed by atoms with Crippen molar-refractivity contribution in [3.05, 3.63) is 34.9 Å². The van der Waals surface area contributed by atoms with Crippen molar-refractivity contribution in [2.45, 2.75) is 23.7 Å². The van der Waals surface area contributed by atoms with Crippen LogP contribution in [0.2, 0.25) is 5.02 Å². The Balaban J connectivity index is 1.81. The van der Waals surface area contributed by atoms with E-state index in [-0.39, 0.29) is 0 Å². The summed E-state index contributed by atoms with van der Waals surface area (Å²) in [6.07, 6.45) is 4.19. The second kappa shape index (κ2) is 5.61. The number of nitrogens with one attached hydrogen (secondary N) is 1. The summed E-state index contributed by atoms with van der Waals surface area (Å²) < 4.78 is 0.431. The predicted molar refractivity (Wildman–Crippen MR) is 74.8 cm³/mol. The summed E-state index contributed by atoms with van der Waals surface area (Å²) in [5.41, 5.74) is 0.802. The Kier molecular flexibility index (Phi) is 4.36. The van der Waals surface area contributed by atoms with Crippen molar-refractivity contribution in [3.63, 3.8) is 0 Å². The van der Waals surface area contributed by atoms with E-state index in [4.69, 9.17) is 11.6 Å². The number of aliphatic hydroxyl groups is 1. The van der Waals surface area contributed by atoms with Crippen molar-refractivity contribution in [3.8, 4) is 0 Å². The van der Waals surface area contributed by atoms with E-state index >= 15 is 0 Å². The zero-order chi connectivity index (χ0) is 12.3. The molecule has 0 amide bonds. The van der Waals surface area contributed by atoms with Gasteiger partial charge in [-0.25, -0.2) is 0 Å². The fourth-order valence-corrected chi connectivity index (χ4v) is 2.90. The zero-order valence-corrected chi connectivity index (χ0v) is 11.5. The Morgan fingerprint density at radius 1 is 1.47 bits per heavy atom. The summed E-state index contributed by atoms with van der Waals surface area (Å²) in [4.78, 5) is 0. The van der Waals surface area contributed by atoms with Gasteiger partial charge in [-0.05, 0) is 25.2 Å². The highest BCUT2D eigenvalue weighted by Crippen LogP contribution is 2.46. The molecule has 0 bridgehead atoms. The van der Waals surface area contributed by atoms with Gasteiger partial charge < -0.3 is 10.4 Å². The van der Waals surface area contributed by atoms with Crippen LogP contribution in [-0.2, 0) is 0 Å². The van der Waals surface area contributed by atoms with Crippen LogP contribution in [0.1, 0.15) is 24.5 Å². The van der Waals surface area contributed by atoms with Crippen LogP contribution in [0.3, 0.4) is 0 Å².